The fourth-order valence-corrected chi connectivity index (χ4v) is 11.8. The number of aliphatic hydroxyl groups is 2. The van der Waals surface area contributed by atoms with Crippen LogP contribution in [-0.2, 0) is 14.3 Å². The lowest BCUT2D eigenvalue weighted by molar-refractivity contribution is -0.143. The van der Waals surface area contributed by atoms with Crippen LogP contribution in [0.1, 0.15) is 418 Å². The molecule has 0 rings (SSSR count). The van der Waals surface area contributed by atoms with Crippen molar-refractivity contribution in [2.75, 3.05) is 13.2 Å². The molecule has 0 saturated heterocycles. The third-order valence-corrected chi connectivity index (χ3v) is 17.5. The predicted octanol–water partition coefficient (Wildman–Crippen LogP) is 24.1. The molecule has 0 heterocycles. The first-order valence-corrected chi connectivity index (χ1v) is 37.1. The summed E-state index contributed by atoms with van der Waals surface area (Å²) >= 11 is 0. The summed E-state index contributed by atoms with van der Waals surface area (Å²) in [6, 6.07) is -0.624. The molecule has 6 heteroatoms. The van der Waals surface area contributed by atoms with Crippen LogP contribution in [0.5, 0.6) is 0 Å². The Hall–Kier alpha value is -1.66. The van der Waals surface area contributed by atoms with E-state index in [4.69, 9.17) is 4.74 Å². The van der Waals surface area contributed by atoms with Crippen molar-refractivity contribution in [3.05, 3.63) is 24.3 Å². The zero-order valence-electron chi connectivity index (χ0n) is 55.0. The van der Waals surface area contributed by atoms with Gasteiger partial charge in [-0.05, 0) is 57.8 Å². The number of nitrogens with one attached hydrogen (secondary N) is 1. The quantitative estimate of drug-likeness (QED) is 0.0320. The second kappa shape index (κ2) is 70.8. The zero-order valence-corrected chi connectivity index (χ0v) is 55.0. The van der Waals surface area contributed by atoms with E-state index in [0.717, 1.165) is 38.5 Å². The summed E-state index contributed by atoms with van der Waals surface area (Å²) in [6.07, 6.45) is 90.1. The smallest absolute Gasteiger partial charge is 0.305 e. The van der Waals surface area contributed by atoms with E-state index in [9.17, 15) is 19.8 Å². The fraction of sp³-hybridized carbons (Fsp3) is 0.920. The second-order valence-corrected chi connectivity index (χ2v) is 25.6. The molecule has 480 valence electrons. The molecule has 2 unspecified atom stereocenters. The summed E-state index contributed by atoms with van der Waals surface area (Å²) in [5, 5.41) is 23.1. The molecular formula is C75H145NO5. The predicted molar refractivity (Wildman–Crippen MR) is 356 cm³/mol. The summed E-state index contributed by atoms with van der Waals surface area (Å²) in [6.45, 7) is 4.94. The number of hydrogen-bond donors (Lipinski definition) is 3. The molecule has 0 bridgehead atoms. The van der Waals surface area contributed by atoms with Crippen LogP contribution in [0.3, 0.4) is 0 Å². The number of amides is 1. The van der Waals surface area contributed by atoms with Gasteiger partial charge in [0.2, 0.25) is 5.91 Å². The molecule has 0 saturated carbocycles. The van der Waals surface area contributed by atoms with Crippen molar-refractivity contribution in [3.63, 3.8) is 0 Å². The van der Waals surface area contributed by atoms with Crippen LogP contribution in [-0.4, -0.2) is 47.4 Å². The van der Waals surface area contributed by atoms with E-state index in [1.807, 2.05) is 6.08 Å². The van der Waals surface area contributed by atoms with Crippen LogP contribution in [0.4, 0.5) is 0 Å². The van der Waals surface area contributed by atoms with Gasteiger partial charge in [-0.2, -0.15) is 0 Å². The minimum atomic E-state index is -0.840. The SMILES string of the molecule is CCCCCCCCCCCCC/C=C/C(O)C(CO)NC(=O)CCCCCCCCCCCCCCCCCCC/C=C\CCCCCCCCCCCCCCCCCCOC(=O)CCCCCCCCCCCCCCCC. The number of unbranched alkanes of at least 4 members (excludes halogenated alkanes) is 57. The first kappa shape index (κ1) is 79.3. The Morgan fingerprint density at radius 2 is 0.580 bits per heavy atom. The van der Waals surface area contributed by atoms with Crippen molar-refractivity contribution in [2.24, 2.45) is 0 Å². The molecule has 2 atom stereocenters. The van der Waals surface area contributed by atoms with E-state index >= 15 is 0 Å². The number of hydrogen-bond acceptors (Lipinski definition) is 5. The molecule has 3 N–H and O–H groups in total. The molecule has 0 spiro atoms. The molecule has 81 heavy (non-hydrogen) atoms. The van der Waals surface area contributed by atoms with Gasteiger partial charge in [0.05, 0.1) is 25.4 Å². The molecular weight excluding hydrogens is 995 g/mol. The van der Waals surface area contributed by atoms with Crippen molar-refractivity contribution in [3.8, 4) is 0 Å². The van der Waals surface area contributed by atoms with Crippen LogP contribution in [0.2, 0.25) is 0 Å². The van der Waals surface area contributed by atoms with E-state index in [-0.39, 0.29) is 18.5 Å². The number of rotatable bonds is 70. The summed E-state index contributed by atoms with van der Waals surface area (Å²) in [5.41, 5.74) is 0. The number of carbonyl (C=O) groups excluding carboxylic acids is 2. The number of ether oxygens (including phenoxy) is 1. The number of esters is 1. The Bertz CT molecular complexity index is 1270. The van der Waals surface area contributed by atoms with Crippen LogP contribution in [0.15, 0.2) is 24.3 Å². The lowest BCUT2D eigenvalue weighted by Gasteiger charge is -2.20. The Labute approximate surface area is 507 Å². The second-order valence-electron chi connectivity index (χ2n) is 25.6. The van der Waals surface area contributed by atoms with Gasteiger partial charge < -0.3 is 20.3 Å². The molecule has 0 aromatic carbocycles. The van der Waals surface area contributed by atoms with Gasteiger partial charge in [0, 0.05) is 12.8 Å². The first-order chi connectivity index (χ1) is 40.0. The lowest BCUT2D eigenvalue weighted by atomic mass is 10.0. The van der Waals surface area contributed by atoms with E-state index in [1.165, 1.54) is 353 Å². The third kappa shape index (κ3) is 67.3. The standard InChI is InChI=1S/C75H145NO5/c1-3-5-7-9-11-13-15-17-45-49-53-57-61-65-69-75(80)81-70-66-62-58-54-50-46-42-40-38-36-34-32-30-28-26-24-22-20-18-19-21-23-25-27-29-31-33-35-37-39-41-44-48-52-56-60-64-68-74(79)76-72(71-77)73(78)67-63-59-55-51-47-43-16-14-12-10-8-6-4-2/h18,20,63,67,72-73,77-78H,3-17,19,21-62,64-66,68-71H2,1-2H3,(H,76,79)/b20-18-,67-63+. The van der Waals surface area contributed by atoms with Gasteiger partial charge in [0.25, 0.3) is 0 Å². The highest BCUT2D eigenvalue weighted by atomic mass is 16.5. The number of aliphatic hydroxyl groups excluding tert-OH is 2. The summed E-state index contributed by atoms with van der Waals surface area (Å²) < 4.78 is 5.50. The van der Waals surface area contributed by atoms with Crippen LogP contribution in [0, 0.1) is 0 Å². The maximum absolute atomic E-state index is 12.5. The van der Waals surface area contributed by atoms with Gasteiger partial charge in [-0.3, -0.25) is 9.59 Å². The molecule has 6 nitrogen and oxygen atoms in total. The fourth-order valence-electron chi connectivity index (χ4n) is 11.8. The highest BCUT2D eigenvalue weighted by molar-refractivity contribution is 5.76. The molecule has 0 aliphatic heterocycles. The molecule has 0 fully saturated rings. The van der Waals surface area contributed by atoms with Crippen LogP contribution < -0.4 is 5.32 Å². The molecule has 1 amide bonds. The Morgan fingerprint density at radius 3 is 0.877 bits per heavy atom. The van der Waals surface area contributed by atoms with E-state index in [2.05, 4.69) is 31.3 Å². The molecule has 0 aromatic heterocycles. The first-order valence-electron chi connectivity index (χ1n) is 37.1. The summed E-state index contributed by atoms with van der Waals surface area (Å²) in [5.74, 6) is -0.0380. The maximum Gasteiger partial charge on any atom is 0.305 e. The molecule has 0 radical (unpaired) electrons. The van der Waals surface area contributed by atoms with Gasteiger partial charge >= 0.3 is 5.97 Å². The number of carbonyl (C=O) groups is 2. The van der Waals surface area contributed by atoms with Crippen molar-refractivity contribution in [2.45, 2.75) is 431 Å². The third-order valence-electron chi connectivity index (χ3n) is 17.5. The van der Waals surface area contributed by atoms with E-state index in [1.54, 1.807) is 6.08 Å². The van der Waals surface area contributed by atoms with Gasteiger partial charge in [0.1, 0.15) is 0 Å². The van der Waals surface area contributed by atoms with Crippen molar-refractivity contribution in [1.29, 1.82) is 0 Å². The molecule has 0 aromatic rings. The van der Waals surface area contributed by atoms with Gasteiger partial charge in [-0.1, -0.05) is 372 Å². The van der Waals surface area contributed by atoms with Gasteiger partial charge in [-0.25, -0.2) is 0 Å². The Morgan fingerprint density at radius 1 is 0.333 bits per heavy atom. The summed E-state index contributed by atoms with van der Waals surface area (Å²) in [7, 11) is 0. The summed E-state index contributed by atoms with van der Waals surface area (Å²) in [4.78, 5) is 24.5. The van der Waals surface area contributed by atoms with Crippen LogP contribution >= 0.6 is 0 Å². The average molecular weight is 1140 g/mol. The Kier molecular flexibility index (Phi) is 69.4. The maximum atomic E-state index is 12.5. The normalized spacial score (nSPS) is 12.6. The van der Waals surface area contributed by atoms with Crippen molar-refractivity contribution in [1.82, 2.24) is 5.32 Å². The largest absolute Gasteiger partial charge is 0.466 e. The minimum Gasteiger partial charge on any atom is -0.466 e. The lowest BCUT2D eigenvalue weighted by Crippen LogP contribution is -2.45. The van der Waals surface area contributed by atoms with Crippen molar-refractivity contribution < 1.29 is 24.5 Å². The minimum absolute atomic E-state index is 0.0242. The Balaban J connectivity index is 3.32. The number of allylic oxidation sites excluding steroid dienone is 3. The molecule has 0 aliphatic carbocycles. The van der Waals surface area contributed by atoms with E-state index < -0.39 is 12.1 Å². The van der Waals surface area contributed by atoms with E-state index in [0.29, 0.717) is 19.4 Å². The zero-order chi connectivity index (χ0) is 58.5. The highest BCUT2D eigenvalue weighted by Crippen LogP contribution is 2.19. The van der Waals surface area contributed by atoms with Gasteiger partial charge in [0.15, 0.2) is 0 Å². The topological polar surface area (TPSA) is 95.9 Å². The van der Waals surface area contributed by atoms with Crippen molar-refractivity contribution >= 4 is 11.9 Å². The monoisotopic (exact) mass is 1140 g/mol. The highest BCUT2D eigenvalue weighted by Gasteiger charge is 2.18. The molecule has 0 aliphatic rings. The van der Waals surface area contributed by atoms with Crippen LogP contribution in [0.25, 0.3) is 0 Å². The average Bonchev–Trinajstić information content (AvgIpc) is 3.47. The van der Waals surface area contributed by atoms with Gasteiger partial charge in [-0.15, -0.1) is 0 Å².